The number of nitrogens with one attached hydrogen (secondary N) is 1. The van der Waals surface area contributed by atoms with Crippen molar-refractivity contribution in [1.29, 1.82) is 0 Å². The van der Waals surface area contributed by atoms with E-state index in [2.05, 4.69) is 53.9 Å². The Kier molecular flexibility index (Phi) is 13.9. The van der Waals surface area contributed by atoms with Crippen molar-refractivity contribution in [1.82, 2.24) is 10.4 Å². The zero-order chi connectivity index (χ0) is 30.6. The van der Waals surface area contributed by atoms with E-state index in [9.17, 15) is 19.5 Å². The molecule has 3 amide bonds. The number of hydrogen-bond donors (Lipinski definition) is 2. The average molecular weight is 571 g/mol. The maximum absolute atomic E-state index is 12.9. The van der Waals surface area contributed by atoms with Gasteiger partial charge in [0.1, 0.15) is 5.75 Å². The second kappa shape index (κ2) is 16.3. The number of unbranched alkanes of at least 4 members (excludes halogenated alkanes) is 11. The van der Waals surface area contributed by atoms with E-state index in [1.165, 1.54) is 64.2 Å². The minimum atomic E-state index is -0.347. The first-order chi connectivity index (χ1) is 19.3. The van der Waals surface area contributed by atoms with Crippen LogP contribution in [0.4, 0.5) is 0 Å². The van der Waals surface area contributed by atoms with Crippen LogP contribution in [0, 0.1) is 5.92 Å². The molecule has 1 aliphatic heterocycles. The molecule has 1 aliphatic rings. The molecule has 2 N–H and O–H groups in total. The molecule has 6 nitrogen and oxygen atoms in total. The van der Waals surface area contributed by atoms with Gasteiger partial charge in [0.05, 0.1) is 0 Å². The molecule has 41 heavy (non-hydrogen) atoms. The van der Waals surface area contributed by atoms with Crippen molar-refractivity contribution < 1.29 is 19.5 Å². The van der Waals surface area contributed by atoms with Crippen molar-refractivity contribution in [2.75, 3.05) is 0 Å². The summed E-state index contributed by atoms with van der Waals surface area (Å²) in [5, 5.41) is 11.9. The quantitative estimate of drug-likeness (QED) is 0.145. The molecule has 1 aromatic rings. The molecule has 2 rings (SSSR count). The van der Waals surface area contributed by atoms with E-state index in [1.807, 2.05) is 12.1 Å². The van der Waals surface area contributed by atoms with Crippen LogP contribution < -0.4 is 5.43 Å². The molecule has 1 aromatic carbocycles. The van der Waals surface area contributed by atoms with Crippen molar-refractivity contribution in [3.63, 3.8) is 0 Å². The van der Waals surface area contributed by atoms with Gasteiger partial charge in [0, 0.05) is 18.8 Å². The Hall–Kier alpha value is -2.37. The molecule has 0 aliphatic carbocycles. The molecule has 1 unspecified atom stereocenters. The predicted molar refractivity (Wildman–Crippen MR) is 168 cm³/mol. The fourth-order valence-electron chi connectivity index (χ4n) is 5.69. The number of aromatic hydroxyl groups is 1. The summed E-state index contributed by atoms with van der Waals surface area (Å²) in [7, 11) is 0. The highest BCUT2D eigenvalue weighted by atomic mass is 16.3. The number of nitrogens with zero attached hydrogens (tertiary/aromatic N) is 1. The van der Waals surface area contributed by atoms with E-state index in [0.29, 0.717) is 18.6 Å². The molecule has 0 saturated carbocycles. The number of benzene rings is 1. The van der Waals surface area contributed by atoms with Gasteiger partial charge in [-0.05, 0) is 40.4 Å². The zero-order valence-corrected chi connectivity index (χ0v) is 27.2. The van der Waals surface area contributed by atoms with Gasteiger partial charge in [0.15, 0.2) is 0 Å². The van der Waals surface area contributed by atoms with E-state index >= 15 is 0 Å². The maximum Gasteiger partial charge on any atom is 0.251 e. The Morgan fingerprint density at radius 2 is 1.29 bits per heavy atom. The Labute approximate surface area is 250 Å². The number of carbonyl (C=O) groups is 3. The minimum Gasteiger partial charge on any atom is -0.507 e. The van der Waals surface area contributed by atoms with Crippen LogP contribution >= 0.6 is 0 Å². The number of amides is 3. The summed E-state index contributed by atoms with van der Waals surface area (Å²) >= 11 is 0. The molecule has 1 saturated heterocycles. The fraction of sp³-hybridized carbons (Fsp3) is 0.743. The summed E-state index contributed by atoms with van der Waals surface area (Å²) in [5.74, 6) is -0.958. The third kappa shape index (κ3) is 11.4. The largest absolute Gasteiger partial charge is 0.507 e. The van der Waals surface area contributed by atoms with Gasteiger partial charge in [0.25, 0.3) is 5.91 Å². The molecular formula is C35H58N2O4. The molecule has 1 atom stereocenters. The second-order valence-corrected chi connectivity index (χ2v) is 14.2. The second-order valence-electron chi connectivity index (χ2n) is 14.2. The van der Waals surface area contributed by atoms with Gasteiger partial charge < -0.3 is 5.11 Å². The molecule has 0 aromatic heterocycles. The first kappa shape index (κ1) is 34.8. The normalized spacial score (nSPS) is 16.1. The number of carbonyl (C=O) groups excluding carboxylic acids is 3. The van der Waals surface area contributed by atoms with Gasteiger partial charge in [-0.3, -0.25) is 19.8 Å². The van der Waals surface area contributed by atoms with Crippen LogP contribution in [0.2, 0.25) is 0 Å². The van der Waals surface area contributed by atoms with Crippen molar-refractivity contribution in [2.24, 2.45) is 5.92 Å². The highest BCUT2D eigenvalue weighted by molar-refractivity contribution is 6.04. The van der Waals surface area contributed by atoms with E-state index in [-0.39, 0.29) is 47.3 Å². The number of imide groups is 1. The van der Waals surface area contributed by atoms with Crippen molar-refractivity contribution in [3.8, 4) is 5.75 Å². The summed E-state index contributed by atoms with van der Waals surface area (Å²) in [5.41, 5.74) is 4.73. The van der Waals surface area contributed by atoms with Crippen molar-refractivity contribution in [3.05, 3.63) is 28.8 Å². The number of phenols is 1. The Morgan fingerprint density at radius 1 is 0.829 bits per heavy atom. The van der Waals surface area contributed by atoms with E-state index < -0.39 is 0 Å². The monoisotopic (exact) mass is 570 g/mol. The Morgan fingerprint density at radius 3 is 1.76 bits per heavy atom. The smallest absolute Gasteiger partial charge is 0.251 e. The first-order valence-electron chi connectivity index (χ1n) is 16.3. The molecule has 0 radical (unpaired) electrons. The maximum atomic E-state index is 12.9. The Bertz CT molecular complexity index is 967. The lowest BCUT2D eigenvalue weighted by atomic mass is 9.78. The third-order valence-electron chi connectivity index (χ3n) is 8.31. The van der Waals surface area contributed by atoms with Crippen LogP contribution in [0.1, 0.15) is 161 Å². The summed E-state index contributed by atoms with van der Waals surface area (Å²) in [4.78, 5) is 38.2. The van der Waals surface area contributed by atoms with Crippen LogP contribution in [-0.4, -0.2) is 27.8 Å². The van der Waals surface area contributed by atoms with Crippen LogP contribution in [0.5, 0.6) is 5.75 Å². The van der Waals surface area contributed by atoms with E-state index in [4.69, 9.17) is 0 Å². The first-order valence-corrected chi connectivity index (χ1v) is 16.3. The average Bonchev–Trinajstić information content (AvgIpc) is 3.14. The molecule has 0 spiro atoms. The van der Waals surface area contributed by atoms with Crippen molar-refractivity contribution in [2.45, 2.75) is 162 Å². The van der Waals surface area contributed by atoms with Crippen LogP contribution in [-0.2, 0) is 31.6 Å². The molecular weight excluding hydrogens is 512 g/mol. The number of rotatable bonds is 17. The summed E-state index contributed by atoms with van der Waals surface area (Å²) in [6.07, 6.45) is 16.6. The zero-order valence-electron chi connectivity index (χ0n) is 27.2. The van der Waals surface area contributed by atoms with Gasteiger partial charge in [0.2, 0.25) is 11.8 Å². The van der Waals surface area contributed by atoms with Gasteiger partial charge in [-0.2, -0.15) is 5.01 Å². The lowest BCUT2D eigenvalue weighted by Gasteiger charge is -2.28. The SMILES string of the molecule is CCCCCCCCCCCCCCC1CC(=O)N(NC(=O)CCc2cc(C(C)(C)C)c(O)c(C(C)(C)C)c2)C1=O. The highest BCUT2D eigenvalue weighted by Crippen LogP contribution is 2.40. The number of aryl methyl sites for hydroxylation is 1. The number of phenolic OH excluding ortho intramolecular Hbond substituents is 1. The van der Waals surface area contributed by atoms with Gasteiger partial charge >= 0.3 is 0 Å². The predicted octanol–water partition coefficient (Wildman–Crippen LogP) is 8.42. The standard InChI is InChI=1S/C35H58N2O4/c1-8-9-10-11-12-13-14-15-16-17-18-19-20-27-25-31(39)37(33(27)41)36-30(38)22-21-26-23-28(34(2,3)4)32(40)29(24-26)35(5,6)7/h23-24,27,40H,8-22,25H2,1-7H3,(H,36,38). The van der Waals surface area contributed by atoms with Gasteiger partial charge in [-0.1, -0.05) is 138 Å². The molecule has 0 bridgehead atoms. The van der Waals surface area contributed by atoms with Crippen LogP contribution in [0.25, 0.3) is 0 Å². The lowest BCUT2D eigenvalue weighted by Crippen LogP contribution is -2.46. The summed E-state index contributed by atoms with van der Waals surface area (Å²) in [6, 6.07) is 3.93. The molecule has 1 fully saturated rings. The Balaban J connectivity index is 1.76. The molecule has 6 heteroatoms. The summed E-state index contributed by atoms with van der Waals surface area (Å²) < 4.78 is 0. The van der Waals surface area contributed by atoms with Crippen LogP contribution in [0.3, 0.4) is 0 Å². The van der Waals surface area contributed by atoms with Gasteiger partial charge in [-0.25, -0.2) is 0 Å². The lowest BCUT2D eigenvalue weighted by molar-refractivity contribution is -0.148. The van der Waals surface area contributed by atoms with E-state index in [0.717, 1.165) is 34.5 Å². The minimum absolute atomic E-state index is 0.151. The number of hydrogen-bond acceptors (Lipinski definition) is 4. The third-order valence-corrected chi connectivity index (χ3v) is 8.31. The van der Waals surface area contributed by atoms with E-state index in [1.54, 1.807) is 0 Å². The topological polar surface area (TPSA) is 86.7 Å². The summed E-state index contributed by atoms with van der Waals surface area (Å²) in [6.45, 7) is 14.6. The fourth-order valence-corrected chi connectivity index (χ4v) is 5.69. The van der Waals surface area contributed by atoms with Crippen LogP contribution in [0.15, 0.2) is 12.1 Å². The van der Waals surface area contributed by atoms with Crippen molar-refractivity contribution >= 4 is 17.7 Å². The van der Waals surface area contributed by atoms with Gasteiger partial charge in [-0.15, -0.1) is 0 Å². The molecule has 232 valence electrons. The number of hydrazine groups is 1. The highest BCUT2D eigenvalue weighted by Gasteiger charge is 2.39. The molecule has 1 heterocycles.